The number of hydrogen-bond acceptors (Lipinski definition) is 6. The summed E-state index contributed by atoms with van der Waals surface area (Å²) in [6, 6.07) is 20.8. The van der Waals surface area contributed by atoms with Gasteiger partial charge in [-0.05, 0) is 43.3 Å². The molecule has 7 nitrogen and oxygen atoms in total. The number of amides is 1. The van der Waals surface area contributed by atoms with Crippen LogP contribution in [-0.4, -0.2) is 45.1 Å². The minimum absolute atomic E-state index is 0.00795. The average molecular weight is 412 g/mol. The molecular formula is C24H20N4O3. The number of rotatable bonds is 5. The van der Waals surface area contributed by atoms with Crippen LogP contribution in [0.25, 0.3) is 22.8 Å². The quantitative estimate of drug-likeness (QED) is 0.493. The van der Waals surface area contributed by atoms with E-state index in [9.17, 15) is 4.79 Å². The number of likely N-dealkylation sites (tertiary alicyclic amines) is 1. The van der Waals surface area contributed by atoms with E-state index in [2.05, 4.69) is 15.1 Å². The predicted molar refractivity (Wildman–Crippen MR) is 114 cm³/mol. The van der Waals surface area contributed by atoms with Gasteiger partial charge in [0.05, 0.1) is 18.7 Å². The predicted octanol–water partition coefficient (Wildman–Crippen LogP) is 4.01. The first-order chi connectivity index (χ1) is 15.2. The molecule has 1 aliphatic heterocycles. The van der Waals surface area contributed by atoms with Gasteiger partial charge in [0, 0.05) is 23.0 Å². The fourth-order valence-electron chi connectivity index (χ4n) is 3.47. The Hall–Kier alpha value is -4.00. The summed E-state index contributed by atoms with van der Waals surface area (Å²) >= 11 is 0. The van der Waals surface area contributed by atoms with Crippen LogP contribution < -0.4 is 4.74 Å². The van der Waals surface area contributed by atoms with Crippen molar-refractivity contribution in [2.75, 3.05) is 13.1 Å². The number of carbonyl (C=O) groups excluding carboxylic acids is 1. The third-order valence-corrected chi connectivity index (χ3v) is 5.23. The van der Waals surface area contributed by atoms with Gasteiger partial charge in [-0.2, -0.15) is 4.98 Å². The van der Waals surface area contributed by atoms with Gasteiger partial charge in [-0.1, -0.05) is 35.5 Å². The van der Waals surface area contributed by atoms with Crippen molar-refractivity contribution >= 4 is 5.91 Å². The minimum Gasteiger partial charge on any atom is -0.487 e. The lowest BCUT2D eigenvalue weighted by molar-refractivity contribution is 0.0177. The van der Waals surface area contributed by atoms with Gasteiger partial charge in [-0.25, -0.2) is 0 Å². The standard InChI is InChI=1S/C24H20N4O3/c1-16-21(8-5-13-25-16)24(29)28-14-20(15-28)30-19-11-9-18(10-12-19)23-26-22(27-31-23)17-6-3-2-4-7-17/h2-13,20H,14-15H2,1H3. The van der Waals surface area contributed by atoms with Crippen molar-refractivity contribution in [1.82, 2.24) is 20.0 Å². The second kappa shape index (κ2) is 8.02. The number of pyridine rings is 1. The molecule has 1 amide bonds. The summed E-state index contributed by atoms with van der Waals surface area (Å²) in [4.78, 5) is 23.0. The van der Waals surface area contributed by atoms with Gasteiger partial charge in [0.25, 0.3) is 11.8 Å². The highest BCUT2D eigenvalue weighted by Crippen LogP contribution is 2.26. The largest absolute Gasteiger partial charge is 0.487 e. The second-order valence-corrected chi connectivity index (χ2v) is 7.40. The maximum absolute atomic E-state index is 12.6. The molecule has 1 aliphatic rings. The van der Waals surface area contributed by atoms with Crippen molar-refractivity contribution in [1.29, 1.82) is 0 Å². The lowest BCUT2D eigenvalue weighted by Crippen LogP contribution is -2.56. The average Bonchev–Trinajstić information content (AvgIpc) is 3.27. The highest BCUT2D eigenvalue weighted by molar-refractivity contribution is 5.95. The molecule has 154 valence electrons. The van der Waals surface area contributed by atoms with Gasteiger partial charge in [0.1, 0.15) is 11.9 Å². The van der Waals surface area contributed by atoms with Gasteiger partial charge in [0.15, 0.2) is 0 Å². The van der Waals surface area contributed by atoms with Crippen molar-refractivity contribution in [3.63, 3.8) is 0 Å². The summed E-state index contributed by atoms with van der Waals surface area (Å²) < 4.78 is 11.4. The Labute approximate surface area is 179 Å². The Balaban J connectivity index is 1.19. The van der Waals surface area contributed by atoms with Crippen LogP contribution in [0.1, 0.15) is 16.1 Å². The van der Waals surface area contributed by atoms with E-state index in [4.69, 9.17) is 9.26 Å². The molecule has 31 heavy (non-hydrogen) atoms. The highest BCUT2D eigenvalue weighted by atomic mass is 16.5. The second-order valence-electron chi connectivity index (χ2n) is 7.40. The van der Waals surface area contributed by atoms with Crippen molar-refractivity contribution in [3.05, 3.63) is 84.2 Å². The van der Waals surface area contributed by atoms with Crippen molar-refractivity contribution < 1.29 is 14.1 Å². The molecule has 0 atom stereocenters. The molecule has 2 aromatic heterocycles. The van der Waals surface area contributed by atoms with Crippen LogP contribution in [0, 0.1) is 6.92 Å². The van der Waals surface area contributed by atoms with Crippen LogP contribution >= 0.6 is 0 Å². The molecular weight excluding hydrogens is 392 g/mol. The molecule has 7 heteroatoms. The Bertz CT molecular complexity index is 1200. The zero-order chi connectivity index (χ0) is 21.2. The van der Waals surface area contributed by atoms with Crippen molar-refractivity contribution in [2.45, 2.75) is 13.0 Å². The number of carbonyl (C=O) groups is 1. The third kappa shape index (κ3) is 3.90. The Kier molecular flexibility index (Phi) is 4.92. The molecule has 0 unspecified atom stereocenters. The van der Waals surface area contributed by atoms with Crippen LogP contribution in [0.3, 0.4) is 0 Å². The molecule has 1 saturated heterocycles. The molecule has 0 N–H and O–H groups in total. The third-order valence-electron chi connectivity index (χ3n) is 5.23. The number of aryl methyl sites for hydroxylation is 1. The summed E-state index contributed by atoms with van der Waals surface area (Å²) in [7, 11) is 0. The molecule has 0 spiro atoms. The zero-order valence-electron chi connectivity index (χ0n) is 16.9. The van der Waals surface area contributed by atoms with Crippen LogP contribution in [0.5, 0.6) is 5.75 Å². The highest BCUT2D eigenvalue weighted by Gasteiger charge is 2.33. The summed E-state index contributed by atoms with van der Waals surface area (Å²) in [6.07, 6.45) is 1.66. The van der Waals surface area contributed by atoms with E-state index in [-0.39, 0.29) is 12.0 Å². The molecule has 5 rings (SSSR count). The number of hydrogen-bond donors (Lipinski definition) is 0. The molecule has 0 bridgehead atoms. The van der Waals surface area contributed by atoms with E-state index < -0.39 is 0 Å². The van der Waals surface area contributed by atoms with E-state index >= 15 is 0 Å². The molecule has 0 aliphatic carbocycles. The number of nitrogens with zero attached hydrogens (tertiary/aromatic N) is 4. The lowest BCUT2D eigenvalue weighted by atomic mass is 10.1. The van der Waals surface area contributed by atoms with Gasteiger partial charge < -0.3 is 14.2 Å². The molecule has 4 aromatic rings. The smallest absolute Gasteiger partial charge is 0.258 e. The lowest BCUT2D eigenvalue weighted by Gasteiger charge is -2.39. The zero-order valence-corrected chi connectivity index (χ0v) is 16.9. The molecule has 0 saturated carbocycles. The fourth-order valence-corrected chi connectivity index (χ4v) is 3.47. The number of ether oxygens (including phenoxy) is 1. The van der Waals surface area contributed by atoms with Crippen molar-refractivity contribution in [3.8, 4) is 28.6 Å². The first-order valence-corrected chi connectivity index (χ1v) is 10.0. The van der Waals surface area contributed by atoms with Crippen LogP contribution in [0.15, 0.2) is 77.4 Å². The van der Waals surface area contributed by atoms with Gasteiger partial charge >= 0.3 is 0 Å². The Morgan fingerprint density at radius 2 is 1.77 bits per heavy atom. The first-order valence-electron chi connectivity index (χ1n) is 10.0. The summed E-state index contributed by atoms with van der Waals surface area (Å²) in [5.41, 5.74) is 3.10. The van der Waals surface area contributed by atoms with E-state index in [1.807, 2.05) is 61.5 Å². The molecule has 3 heterocycles. The van der Waals surface area contributed by atoms with Crippen LogP contribution in [0.2, 0.25) is 0 Å². The maximum Gasteiger partial charge on any atom is 0.258 e. The van der Waals surface area contributed by atoms with Crippen LogP contribution in [0.4, 0.5) is 0 Å². The van der Waals surface area contributed by atoms with Crippen molar-refractivity contribution in [2.24, 2.45) is 0 Å². The van der Waals surface area contributed by atoms with E-state index in [0.29, 0.717) is 30.4 Å². The summed E-state index contributed by atoms with van der Waals surface area (Å²) in [5.74, 6) is 1.74. The normalized spacial score (nSPS) is 13.6. The van der Waals surface area contributed by atoms with Gasteiger partial charge in [0.2, 0.25) is 5.82 Å². The molecule has 2 aromatic carbocycles. The van der Waals surface area contributed by atoms with Crippen LogP contribution in [-0.2, 0) is 0 Å². The van der Waals surface area contributed by atoms with Gasteiger partial charge in [-0.15, -0.1) is 0 Å². The number of aromatic nitrogens is 3. The molecule has 1 fully saturated rings. The van der Waals surface area contributed by atoms with E-state index in [1.165, 1.54) is 0 Å². The SMILES string of the molecule is Cc1ncccc1C(=O)N1CC(Oc2ccc(-c3nc(-c4ccccc4)no3)cc2)C1. The minimum atomic E-state index is -0.0279. The monoisotopic (exact) mass is 412 g/mol. The Morgan fingerprint density at radius 3 is 2.52 bits per heavy atom. The van der Waals surface area contributed by atoms with E-state index in [1.54, 1.807) is 23.2 Å². The maximum atomic E-state index is 12.6. The fraction of sp³-hybridized carbons (Fsp3) is 0.167. The molecule has 0 radical (unpaired) electrons. The topological polar surface area (TPSA) is 81.4 Å². The number of benzene rings is 2. The summed E-state index contributed by atoms with van der Waals surface area (Å²) in [6.45, 7) is 2.95. The first kappa shape index (κ1) is 19.0. The van der Waals surface area contributed by atoms with Gasteiger partial charge in [-0.3, -0.25) is 9.78 Å². The van der Waals surface area contributed by atoms with E-state index in [0.717, 1.165) is 22.6 Å². The Morgan fingerprint density at radius 1 is 1.00 bits per heavy atom. The summed E-state index contributed by atoms with van der Waals surface area (Å²) in [5, 5.41) is 4.05.